The molecular formula is C20H28BN3O3. The molecule has 6 nitrogen and oxygen atoms in total. The summed E-state index contributed by atoms with van der Waals surface area (Å²) < 4.78 is 4.99. The van der Waals surface area contributed by atoms with Crippen molar-refractivity contribution in [2.75, 3.05) is 13.7 Å². The van der Waals surface area contributed by atoms with Gasteiger partial charge in [-0.05, 0) is 0 Å². The first kappa shape index (κ1) is 21.0. The van der Waals surface area contributed by atoms with Crippen LogP contribution in [0.15, 0.2) is 40.5 Å². The maximum atomic E-state index is 13.3. The van der Waals surface area contributed by atoms with E-state index >= 15 is 0 Å². The van der Waals surface area contributed by atoms with Gasteiger partial charge in [-0.3, -0.25) is 0 Å². The number of rotatable bonds is 9. The third-order valence-electron chi connectivity index (χ3n) is 5.51. The minimum atomic E-state index is -0.929. The van der Waals surface area contributed by atoms with E-state index in [2.05, 4.69) is 16.6 Å². The first-order chi connectivity index (χ1) is 13.0. The number of amides is 1. The van der Waals surface area contributed by atoms with Gasteiger partial charge in [-0.15, -0.1) is 0 Å². The van der Waals surface area contributed by atoms with E-state index in [-0.39, 0.29) is 17.8 Å². The zero-order valence-electron chi connectivity index (χ0n) is 16.4. The standard InChI is InChI=1S/C20H28BN3O3/c1-5-15(2)20(22-23-21-3)13-14-24(19(20)26)17(18(25)27-4)12-11-16-9-7-6-8-10-16/h6-10,15,17H,3,5,11-14H2,1-2,4H3/t15?,17-,20-/m0/s1. The average Bonchev–Trinajstić information content (AvgIpc) is 3.03. The molecule has 1 aromatic carbocycles. The number of likely N-dealkylation sites (tertiary alicyclic amines) is 1. The van der Waals surface area contributed by atoms with E-state index in [1.54, 1.807) is 4.90 Å². The zero-order chi connectivity index (χ0) is 19.9. The van der Waals surface area contributed by atoms with Gasteiger partial charge < -0.3 is 0 Å². The number of methoxy groups -OCH3 is 1. The second-order valence-corrected chi connectivity index (χ2v) is 6.94. The molecule has 0 spiro atoms. The molecule has 7 heteroatoms. The maximum absolute atomic E-state index is 13.3. The SMILES string of the molecule is C=BN=N[C@]1(C(C)CC)CCN([C@@H](CCc2ccccc2)C(=O)OC)C1=O. The molecule has 0 N–H and O–H groups in total. The van der Waals surface area contributed by atoms with Crippen LogP contribution >= 0.6 is 0 Å². The fourth-order valence-electron chi connectivity index (χ4n) is 3.66. The van der Waals surface area contributed by atoms with E-state index < -0.39 is 11.6 Å². The Kier molecular flexibility index (Phi) is 7.45. The summed E-state index contributed by atoms with van der Waals surface area (Å²) in [6.45, 7) is 8.06. The minimum absolute atomic E-state index is 0.0196. The predicted octanol–water partition coefficient (Wildman–Crippen LogP) is 2.68. The van der Waals surface area contributed by atoms with E-state index in [1.165, 1.54) is 14.2 Å². The fourth-order valence-corrected chi connectivity index (χ4v) is 3.66. The monoisotopic (exact) mass is 369 g/mol. The van der Waals surface area contributed by atoms with E-state index in [4.69, 9.17) is 4.74 Å². The molecule has 0 radical (unpaired) electrons. The summed E-state index contributed by atoms with van der Waals surface area (Å²) in [7, 11) is 2.70. The van der Waals surface area contributed by atoms with Gasteiger partial charge >= 0.3 is 161 Å². The number of hydrogen-bond acceptors (Lipinski definition) is 5. The summed E-state index contributed by atoms with van der Waals surface area (Å²) in [5, 5.41) is 8.25. The molecular weight excluding hydrogens is 341 g/mol. The van der Waals surface area contributed by atoms with Gasteiger partial charge in [0.2, 0.25) is 0 Å². The molecule has 0 aromatic heterocycles. The normalized spacial score (nSPS) is 21.9. The summed E-state index contributed by atoms with van der Waals surface area (Å²) in [6, 6.07) is 9.30. The Hall–Kier alpha value is -2.31. The molecule has 0 bridgehead atoms. The molecule has 2 rings (SSSR count). The van der Waals surface area contributed by atoms with Gasteiger partial charge in [0, 0.05) is 0 Å². The van der Waals surface area contributed by atoms with Gasteiger partial charge in [0.25, 0.3) is 0 Å². The van der Waals surface area contributed by atoms with Crippen molar-refractivity contribution in [1.82, 2.24) is 4.90 Å². The number of carbonyl (C=O) groups excluding carboxylic acids is 2. The van der Waals surface area contributed by atoms with E-state index in [0.717, 1.165) is 12.0 Å². The third kappa shape index (κ3) is 4.52. The number of benzene rings is 1. The third-order valence-corrected chi connectivity index (χ3v) is 5.51. The van der Waals surface area contributed by atoms with Crippen molar-refractivity contribution in [1.29, 1.82) is 0 Å². The zero-order valence-corrected chi connectivity index (χ0v) is 16.4. The molecule has 1 aliphatic rings. The Morgan fingerprint density at radius 2 is 2.11 bits per heavy atom. The van der Waals surface area contributed by atoms with Crippen LogP contribution in [-0.2, 0) is 20.7 Å². The van der Waals surface area contributed by atoms with Gasteiger partial charge in [0.05, 0.1) is 0 Å². The van der Waals surface area contributed by atoms with Crippen LogP contribution in [0.1, 0.15) is 38.7 Å². The summed E-state index contributed by atoms with van der Waals surface area (Å²) in [5.74, 6) is -0.517. The quantitative estimate of drug-likeness (QED) is 0.382. The molecule has 1 saturated heterocycles. The van der Waals surface area contributed by atoms with Crippen LogP contribution in [0.5, 0.6) is 0 Å². The Balaban J connectivity index is 2.25. The number of esters is 1. The van der Waals surface area contributed by atoms with Crippen LogP contribution in [0.3, 0.4) is 0 Å². The van der Waals surface area contributed by atoms with Crippen LogP contribution < -0.4 is 0 Å². The summed E-state index contributed by atoms with van der Waals surface area (Å²) in [5.41, 5.74) is 0.194. The van der Waals surface area contributed by atoms with Gasteiger partial charge in [-0.2, -0.15) is 0 Å². The molecule has 1 unspecified atom stereocenters. The van der Waals surface area contributed by atoms with Crippen molar-refractivity contribution in [3.63, 3.8) is 0 Å². The van der Waals surface area contributed by atoms with Crippen molar-refractivity contribution >= 4 is 25.4 Å². The Labute approximate surface area is 161 Å². The topological polar surface area (TPSA) is 71.3 Å². The van der Waals surface area contributed by atoms with Crippen molar-refractivity contribution < 1.29 is 14.3 Å². The van der Waals surface area contributed by atoms with Crippen molar-refractivity contribution in [2.45, 2.75) is 51.1 Å². The fraction of sp³-hybridized carbons (Fsp3) is 0.550. The molecule has 1 aromatic rings. The number of ether oxygens (including phenoxy) is 1. The number of nitrogens with zero attached hydrogens (tertiary/aromatic N) is 3. The molecule has 144 valence electrons. The van der Waals surface area contributed by atoms with Gasteiger partial charge in [0.15, 0.2) is 0 Å². The Bertz CT molecular complexity index is 695. The Morgan fingerprint density at radius 3 is 2.70 bits per heavy atom. The van der Waals surface area contributed by atoms with Gasteiger partial charge in [0.1, 0.15) is 0 Å². The second kappa shape index (κ2) is 9.58. The molecule has 1 amide bonds. The van der Waals surface area contributed by atoms with Crippen LogP contribution in [-0.4, -0.2) is 55.5 Å². The summed E-state index contributed by atoms with van der Waals surface area (Å²) in [6.07, 6.45) is 2.53. The van der Waals surface area contributed by atoms with Gasteiger partial charge in [-0.1, -0.05) is 0 Å². The Morgan fingerprint density at radius 1 is 1.41 bits per heavy atom. The molecule has 1 aliphatic heterocycles. The first-order valence-electron chi connectivity index (χ1n) is 9.45. The summed E-state index contributed by atoms with van der Waals surface area (Å²) in [4.78, 5) is 27.4. The van der Waals surface area contributed by atoms with E-state index in [9.17, 15) is 9.59 Å². The van der Waals surface area contributed by atoms with Gasteiger partial charge in [-0.25, -0.2) is 0 Å². The molecule has 3 atom stereocenters. The van der Waals surface area contributed by atoms with Crippen LogP contribution in [0.25, 0.3) is 0 Å². The van der Waals surface area contributed by atoms with Crippen molar-refractivity contribution in [3.05, 3.63) is 35.9 Å². The summed E-state index contributed by atoms with van der Waals surface area (Å²) >= 11 is 0. The molecule has 0 aliphatic carbocycles. The molecule has 0 saturated carbocycles. The average molecular weight is 369 g/mol. The first-order valence-corrected chi connectivity index (χ1v) is 9.45. The molecule has 1 fully saturated rings. The molecule has 1 heterocycles. The number of aryl methyl sites for hydroxylation is 1. The van der Waals surface area contributed by atoms with Crippen molar-refractivity contribution in [2.24, 2.45) is 16.1 Å². The number of carbonyl (C=O) groups is 2. The van der Waals surface area contributed by atoms with E-state index in [1.807, 2.05) is 44.2 Å². The van der Waals surface area contributed by atoms with Crippen molar-refractivity contribution in [3.8, 4) is 0 Å². The number of hydrogen-bond donors (Lipinski definition) is 0. The van der Waals surface area contributed by atoms with Crippen LogP contribution in [0, 0.1) is 5.92 Å². The predicted molar refractivity (Wildman–Crippen MR) is 107 cm³/mol. The van der Waals surface area contributed by atoms with Crippen LogP contribution in [0.4, 0.5) is 0 Å². The van der Waals surface area contributed by atoms with Crippen LogP contribution in [0.2, 0.25) is 0 Å². The molecule has 27 heavy (non-hydrogen) atoms. The van der Waals surface area contributed by atoms with E-state index in [0.29, 0.717) is 25.8 Å². The second-order valence-electron chi connectivity index (χ2n) is 6.94.